The zero-order chi connectivity index (χ0) is 13.1. The molecule has 0 amide bonds. The van der Waals surface area contributed by atoms with E-state index in [2.05, 4.69) is 9.72 Å². The quantitative estimate of drug-likeness (QED) is 0.910. The molecule has 1 N–H and O–H groups in total. The van der Waals surface area contributed by atoms with Gasteiger partial charge in [0.1, 0.15) is 4.88 Å². The Morgan fingerprint density at radius 3 is 2.71 bits per heavy atom. The first-order valence-electron chi connectivity index (χ1n) is 4.33. The van der Waals surface area contributed by atoms with Crippen molar-refractivity contribution < 1.29 is 27.8 Å². The van der Waals surface area contributed by atoms with Gasteiger partial charge in [-0.25, -0.2) is 9.78 Å². The summed E-state index contributed by atoms with van der Waals surface area (Å²) in [5, 5.41) is 7.57. The summed E-state index contributed by atoms with van der Waals surface area (Å²) in [5.41, 5.74) is -0.216. The monoisotopic (exact) mass is 267 g/mol. The van der Waals surface area contributed by atoms with Crippen LogP contribution in [-0.4, -0.2) is 29.8 Å². The molecule has 0 aliphatic carbocycles. The van der Waals surface area contributed by atoms with Crippen molar-refractivity contribution in [3.05, 3.63) is 21.7 Å². The van der Waals surface area contributed by atoms with Crippen molar-refractivity contribution in [2.45, 2.75) is 6.18 Å². The van der Waals surface area contributed by atoms with Crippen molar-refractivity contribution in [2.24, 2.45) is 0 Å². The summed E-state index contributed by atoms with van der Waals surface area (Å²) in [6.07, 6.45) is -2.05. The molecule has 1 heterocycles. The molecule has 0 bridgehead atoms. The number of aromatic nitrogens is 1. The van der Waals surface area contributed by atoms with Crippen LogP contribution < -0.4 is 0 Å². The minimum Gasteiger partial charge on any atom is -0.477 e. The van der Waals surface area contributed by atoms with Gasteiger partial charge in [-0.15, -0.1) is 11.3 Å². The summed E-state index contributed by atoms with van der Waals surface area (Å²) >= 11 is 0.105. The first kappa shape index (κ1) is 13.7. The number of carbonyl (C=O) groups is 1. The highest BCUT2D eigenvalue weighted by Crippen LogP contribution is 2.34. The van der Waals surface area contributed by atoms with Crippen LogP contribution in [0, 0.1) is 0 Å². The smallest absolute Gasteiger partial charge is 0.443 e. The van der Waals surface area contributed by atoms with E-state index in [9.17, 15) is 18.0 Å². The van der Waals surface area contributed by atoms with Gasteiger partial charge in [-0.05, 0) is 6.08 Å². The first-order valence-corrected chi connectivity index (χ1v) is 5.14. The van der Waals surface area contributed by atoms with Gasteiger partial charge in [0.05, 0.1) is 12.3 Å². The van der Waals surface area contributed by atoms with Crippen LogP contribution >= 0.6 is 11.3 Å². The summed E-state index contributed by atoms with van der Waals surface area (Å²) < 4.78 is 41.7. The Bertz CT molecular complexity index is 439. The molecule has 0 fully saturated rings. The average Bonchev–Trinajstić information content (AvgIpc) is 2.61. The topological polar surface area (TPSA) is 59.4 Å². The van der Waals surface area contributed by atoms with E-state index in [0.29, 0.717) is 0 Å². The highest BCUT2D eigenvalue weighted by molar-refractivity contribution is 7.13. The number of hydrogen-bond donors (Lipinski definition) is 1. The largest absolute Gasteiger partial charge is 0.477 e. The van der Waals surface area contributed by atoms with E-state index in [1.807, 2.05) is 0 Å². The maximum absolute atomic E-state index is 12.3. The molecule has 0 aromatic carbocycles. The first-order chi connectivity index (χ1) is 7.86. The van der Waals surface area contributed by atoms with Crippen LogP contribution in [0.25, 0.3) is 6.08 Å². The Balaban J connectivity index is 3.10. The van der Waals surface area contributed by atoms with E-state index >= 15 is 0 Å². The van der Waals surface area contributed by atoms with E-state index in [1.165, 1.54) is 19.3 Å². The van der Waals surface area contributed by atoms with E-state index in [1.54, 1.807) is 0 Å². The molecule has 0 spiro atoms. The van der Waals surface area contributed by atoms with Gasteiger partial charge in [0.15, 0.2) is 5.01 Å². The second-order valence-corrected chi connectivity index (χ2v) is 3.89. The number of thiazole rings is 1. The van der Waals surface area contributed by atoms with Crippen LogP contribution in [0.5, 0.6) is 0 Å². The number of nitrogens with zero attached hydrogens (tertiary/aromatic N) is 1. The molecule has 0 radical (unpaired) electrons. The second-order valence-electron chi connectivity index (χ2n) is 2.89. The van der Waals surface area contributed by atoms with Gasteiger partial charge in [-0.1, -0.05) is 6.08 Å². The fraction of sp³-hybridized carbons (Fsp3) is 0.333. The molecule has 1 rings (SSSR count). The van der Waals surface area contributed by atoms with Crippen LogP contribution in [-0.2, 0) is 10.9 Å². The number of methoxy groups -OCH3 is 1. The molecule has 0 aliphatic rings. The van der Waals surface area contributed by atoms with Gasteiger partial charge >= 0.3 is 12.1 Å². The van der Waals surface area contributed by atoms with Gasteiger partial charge < -0.3 is 9.84 Å². The van der Waals surface area contributed by atoms with Gasteiger partial charge in [0, 0.05) is 7.11 Å². The Kier molecular flexibility index (Phi) is 4.24. The van der Waals surface area contributed by atoms with Crippen molar-refractivity contribution in [3.8, 4) is 0 Å². The van der Waals surface area contributed by atoms with Gasteiger partial charge in [0.25, 0.3) is 0 Å². The molecular weight excluding hydrogens is 259 g/mol. The molecule has 94 valence electrons. The number of carboxylic acids is 1. The molecule has 0 saturated carbocycles. The van der Waals surface area contributed by atoms with Crippen molar-refractivity contribution in [2.75, 3.05) is 13.7 Å². The number of rotatable bonds is 4. The second kappa shape index (κ2) is 5.28. The van der Waals surface area contributed by atoms with E-state index in [0.717, 1.165) is 0 Å². The summed E-state index contributed by atoms with van der Waals surface area (Å²) in [6, 6.07) is 0. The number of ether oxygens (including phenoxy) is 1. The van der Waals surface area contributed by atoms with Crippen LogP contribution in [0.15, 0.2) is 6.08 Å². The third-order valence-corrected chi connectivity index (χ3v) is 2.73. The average molecular weight is 267 g/mol. The maximum Gasteiger partial charge on any atom is 0.443 e. The van der Waals surface area contributed by atoms with Crippen molar-refractivity contribution in [1.82, 2.24) is 4.98 Å². The summed E-state index contributed by atoms with van der Waals surface area (Å²) in [5.74, 6) is -1.44. The SMILES string of the molecule is COCC=Cc1nc(C(F)(F)F)sc1C(=O)O. The summed E-state index contributed by atoms with van der Waals surface area (Å²) in [7, 11) is 1.41. The van der Waals surface area contributed by atoms with E-state index in [-0.39, 0.29) is 23.6 Å². The number of alkyl halides is 3. The lowest BCUT2D eigenvalue weighted by atomic mass is 10.3. The van der Waals surface area contributed by atoms with Crippen molar-refractivity contribution >= 4 is 23.4 Å². The highest BCUT2D eigenvalue weighted by atomic mass is 32.1. The van der Waals surface area contributed by atoms with E-state index in [4.69, 9.17) is 5.11 Å². The lowest BCUT2D eigenvalue weighted by Crippen LogP contribution is -2.03. The Morgan fingerprint density at radius 2 is 2.24 bits per heavy atom. The third kappa shape index (κ3) is 3.53. The summed E-state index contributed by atoms with van der Waals surface area (Å²) in [4.78, 5) is 13.5. The maximum atomic E-state index is 12.3. The molecule has 0 saturated heterocycles. The van der Waals surface area contributed by atoms with E-state index < -0.39 is 22.0 Å². The van der Waals surface area contributed by atoms with Crippen LogP contribution in [0.4, 0.5) is 13.2 Å². The van der Waals surface area contributed by atoms with Gasteiger partial charge in [0.2, 0.25) is 0 Å². The highest BCUT2D eigenvalue weighted by Gasteiger charge is 2.36. The molecule has 8 heteroatoms. The fourth-order valence-corrected chi connectivity index (χ4v) is 1.73. The minimum atomic E-state index is -4.64. The predicted octanol–water partition coefficient (Wildman–Crippen LogP) is 2.52. The minimum absolute atomic E-state index is 0.105. The molecule has 4 nitrogen and oxygen atoms in total. The van der Waals surface area contributed by atoms with Crippen molar-refractivity contribution in [3.63, 3.8) is 0 Å². The molecule has 1 aromatic heterocycles. The fourth-order valence-electron chi connectivity index (χ4n) is 0.975. The van der Waals surface area contributed by atoms with Gasteiger partial charge in [-0.3, -0.25) is 0 Å². The number of hydrogen-bond acceptors (Lipinski definition) is 4. The zero-order valence-corrected chi connectivity index (χ0v) is 9.43. The van der Waals surface area contributed by atoms with Crippen LogP contribution in [0.1, 0.15) is 20.4 Å². The summed E-state index contributed by atoms with van der Waals surface area (Å²) in [6.45, 7) is 0.165. The zero-order valence-electron chi connectivity index (χ0n) is 8.61. The number of halogens is 3. The molecule has 0 unspecified atom stereocenters. The van der Waals surface area contributed by atoms with Crippen molar-refractivity contribution in [1.29, 1.82) is 0 Å². The molecule has 0 aliphatic heterocycles. The van der Waals surface area contributed by atoms with Gasteiger partial charge in [-0.2, -0.15) is 13.2 Å². The Morgan fingerprint density at radius 1 is 1.59 bits per heavy atom. The van der Waals surface area contributed by atoms with Crippen LogP contribution in [0.2, 0.25) is 0 Å². The third-order valence-electron chi connectivity index (χ3n) is 1.63. The molecule has 1 aromatic rings. The Labute approximate surface area is 98.4 Å². The standard InChI is InChI=1S/C9H8F3NO3S/c1-16-4-2-3-5-6(7(14)15)17-8(13-5)9(10,11)12/h2-3H,4H2,1H3,(H,14,15). The molecular formula is C9H8F3NO3S. The number of carboxylic acid groups (broad SMARTS) is 1. The van der Waals surface area contributed by atoms with Crippen LogP contribution in [0.3, 0.4) is 0 Å². The lowest BCUT2D eigenvalue weighted by Gasteiger charge is -1.98. The number of aromatic carboxylic acids is 1. The normalized spacial score (nSPS) is 12.2. The lowest BCUT2D eigenvalue weighted by molar-refractivity contribution is -0.137. The predicted molar refractivity (Wildman–Crippen MR) is 55.0 cm³/mol. The Hall–Kier alpha value is -1.41. The molecule has 17 heavy (non-hydrogen) atoms. The molecule has 0 atom stereocenters.